The number of thiol groups is 1. The number of thiophene rings is 1. The number of fused-ring (bicyclic) bond motifs is 1. The van der Waals surface area contributed by atoms with E-state index in [2.05, 4.69) is 12.6 Å². The third kappa shape index (κ3) is 1.37. The molecule has 0 unspecified atom stereocenters. The fraction of sp³-hybridized carbons (Fsp3) is 0. The molecule has 0 spiro atoms. The van der Waals surface area contributed by atoms with E-state index in [4.69, 9.17) is 11.6 Å². The van der Waals surface area contributed by atoms with E-state index >= 15 is 0 Å². The lowest BCUT2D eigenvalue weighted by atomic mass is 10.3. The van der Waals surface area contributed by atoms with E-state index in [1.54, 1.807) is 18.2 Å². The molecule has 1 heterocycles. The number of halogens is 1. The van der Waals surface area contributed by atoms with Gasteiger partial charge in [-0.3, -0.25) is 10.1 Å². The molecule has 0 aliphatic rings. The molecule has 72 valence electrons. The summed E-state index contributed by atoms with van der Waals surface area (Å²) in [5.41, 5.74) is 0. The Kier molecular flexibility index (Phi) is 2.38. The van der Waals surface area contributed by atoms with E-state index in [0.717, 1.165) is 16.7 Å². The Morgan fingerprint density at radius 2 is 2.21 bits per heavy atom. The van der Waals surface area contributed by atoms with Crippen molar-refractivity contribution >= 4 is 50.7 Å². The van der Waals surface area contributed by atoms with Crippen molar-refractivity contribution in [2.75, 3.05) is 0 Å². The molecule has 0 N–H and O–H groups in total. The average molecular weight is 246 g/mol. The molecule has 1 aromatic heterocycles. The second-order valence-corrected chi connectivity index (χ2v) is 4.48. The molecular formula is C8H4ClNO2S2. The fourth-order valence-corrected chi connectivity index (χ4v) is 2.87. The van der Waals surface area contributed by atoms with Gasteiger partial charge in [-0.2, -0.15) is 0 Å². The summed E-state index contributed by atoms with van der Waals surface area (Å²) in [6, 6.07) is 5.23. The zero-order chi connectivity index (χ0) is 10.3. The van der Waals surface area contributed by atoms with E-state index in [1.165, 1.54) is 0 Å². The Balaban J connectivity index is 2.86. The monoisotopic (exact) mass is 245 g/mol. The highest BCUT2D eigenvalue weighted by Gasteiger charge is 2.19. The Morgan fingerprint density at radius 1 is 1.50 bits per heavy atom. The minimum Gasteiger partial charge on any atom is -0.258 e. The maximum Gasteiger partial charge on any atom is 0.338 e. The highest BCUT2D eigenvalue weighted by Crippen LogP contribution is 2.42. The number of benzene rings is 1. The molecule has 0 atom stereocenters. The van der Waals surface area contributed by atoms with Crippen LogP contribution in [0.2, 0.25) is 5.02 Å². The Labute approximate surface area is 93.9 Å². The molecule has 0 saturated heterocycles. The molecule has 0 bridgehead atoms. The molecule has 0 amide bonds. The van der Waals surface area contributed by atoms with Crippen molar-refractivity contribution < 1.29 is 4.92 Å². The van der Waals surface area contributed by atoms with Crippen LogP contribution in [0.15, 0.2) is 23.1 Å². The van der Waals surface area contributed by atoms with Gasteiger partial charge < -0.3 is 0 Å². The molecule has 0 fully saturated rings. The van der Waals surface area contributed by atoms with Gasteiger partial charge in [0.15, 0.2) is 0 Å². The summed E-state index contributed by atoms with van der Waals surface area (Å²) >= 11 is 11.1. The van der Waals surface area contributed by atoms with Crippen molar-refractivity contribution in [2.24, 2.45) is 0 Å². The van der Waals surface area contributed by atoms with Gasteiger partial charge in [-0.1, -0.05) is 35.1 Å². The van der Waals surface area contributed by atoms with Crippen molar-refractivity contribution in [1.29, 1.82) is 0 Å². The van der Waals surface area contributed by atoms with Crippen LogP contribution in [0.4, 0.5) is 5.00 Å². The van der Waals surface area contributed by atoms with Crippen LogP contribution < -0.4 is 0 Å². The molecule has 6 heteroatoms. The lowest BCUT2D eigenvalue weighted by molar-refractivity contribution is -0.382. The highest BCUT2D eigenvalue weighted by molar-refractivity contribution is 7.81. The normalized spacial score (nSPS) is 10.7. The first-order chi connectivity index (χ1) is 6.61. The van der Waals surface area contributed by atoms with Crippen molar-refractivity contribution in [1.82, 2.24) is 0 Å². The first kappa shape index (κ1) is 9.76. The van der Waals surface area contributed by atoms with Gasteiger partial charge in [-0.25, -0.2) is 0 Å². The number of rotatable bonds is 1. The Morgan fingerprint density at radius 3 is 2.79 bits per heavy atom. The van der Waals surface area contributed by atoms with Crippen LogP contribution in [0.1, 0.15) is 0 Å². The summed E-state index contributed by atoms with van der Waals surface area (Å²) < 4.78 is 0.714. The number of nitrogens with zero attached hydrogens (tertiary/aromatic N) is 1. The van der Waals surface area contributed by atoms with Gasteiger partial charge in [-0.05, 0) is 6.07 Å². The maximum atomic E-state index is 10.6. The lowest BCUT2D eigenvalue weighted by Gasteiger charge is -1.90. The van der Waals surface area contributed by atoms with Gasteiger partial charge in [0.1, 0.15) is 4.90 Å². The molecule has 2 rings (SSSR count). The molecule has 0 saturated carbocycles. The van der Waals surface area contributed by atoms with Crippen LogP contribution in [0.25, 0.3) is 10.1 Å². The van der Waals surface area contributed by atoms with Gasteiger partial charge in [-0.15, -0.1) is 12.6 Å². The molecule has 0 aliphatic heterocycles. The van der Waals surface area contributed by atoms with Gasteiger partial charge in [0, 0.05) is 5.39 Å². The highest BCUT2D eigenvalue weighted by atomic mass is 35.5. The van der Waals surface area contributed by atoms with Crippen LogP contribution in [0.3, 0.4) is 0 Å². The predicted molar refractivity (Wildman–Crippen MR) is 60.7 cm³/mol. The van der Waals surface area contributed by atoms with Gasteiger partial charge in [0.05, 0.1) is 14.6 Å². The summed E-state index contributed by atoms with van der Waals surface area (Å²) in [5, 5.41) is 11.9. The average Bonchev–Trinajstić information content (AvgIpc) is 2.46. The molecule has 14 heavy (non-hydrogen) atoms. The number of hydrogen-bond acceptors (Lipinski definition) is 4. The van der Waals surface area contributed by atoms with E-state index < -0.39 is 4.92 Å². The predicted octanol–water partition coefficient (Wildman–Crippen LogP) is 3.75. The third-order valence-corrected chi connectivity index (χ3v) is 4.01. The van der Waals surface area contributed by atoms with Gasteiger partial charge in [0.2, 0.25) is 0 Å². The summed E-state index contributed by atoms with van der Waals surface area (Å²) in [6.45, 7) is 0. The minimum atomic E-state index is -0.441. The zero-order valence-corrected chi connectivity index (χ0v) is 9.20. The summed E-state index contributed by atoms with van der Waals surface area (Å²) in [7, 11) is 0. The van der Waals surface area contributed by atoms with E-state index in [0.29, 0.717) is 14.6 Å². The number of nitro groups is 1. The minimum absolute atomic E-state index is 0.0384. The second-order valence-electron chi connectivity index (χ2n) is 2.63. The standard InChI is InChI=1S/C8H4ClNO2S2/c9-5-3-1-2-4-6(13)8(10(11)12)14-7(4)5/h1-3,13H. The van der Waals surface area contributed by atoms with Gasteiger partial charge >= 0.3 is 5.00 Å². The third-order valence-electron chi connectivity index (χ3n) is 1.79. The fourth-order valence-electron chi connectivity index (χ4n) is 1.18. The summed E-state index contributed by atoms with van der Waals surface area (Å²) in [5.74, 6) is 0. The molecule has 1 aromatic carbocycles. The Hall–Kier alpha value is -0.780. The molecular weight excluding hydrogens is 242 g/mol. The summed E-state index contributed by atoms with van der Waals surface area (Å²) in [4.78, 5) is 10.6. The molecule has 2 aromatic rings. The van der Waals surface area contributed by atoms with E-state index in [-0.39, 0.29) is 5.00 Å². The van der Waals surface area contributed by atoms with Crippen LogP contribution >= 0.6 is 35.6 Å². The van der Waals surface area contributed by atoms with E-state index in [9.17, 15) is 10.1 Å². The smallest absolute Gasteiger partial charge is 0.258 e. The van der Waals surface area contributed by atoms with Crippen LogP contribution in [0, 0.1) is 10.1 Å². The Bertz CT molecular complexity index is 523. The van der Waals surface area contributed by atoms with Crippen LogP contribution in [-0.2, 0) is 0 Å². The maximum absolute atomic E-state index is 10.6. The van der Waals surface area contributed by atoms with Crippen LogP contribution in [0.5, 0.6) is 0 Å². The van der Waals surface area contributed by atoms with Gasteiger partial charge in [0.25, 0.3) is 0 Å². The largest absolute Gasteiger partial charge is 0.338 e. The quantitative estimate of drug-likeness (QED) is 0.472. The molecule has 0 aliphatic carbocycles. The topological polar surface area (TPSA) is 43.1 Å². The first-order valence-electron chi connectivity index (χ1n) is 3.65. The zero-order valence-electron chi connectivity index (χ0n) is 6.73. The first-order valence-corrected chi connectivity index (χ1v) is 5.30. The second kappa shape index (κ2) is 3.42. The van der Waals surface area contributed by atoms with Crippen molar-refractivity contribution in [3.8, 4) is 0 Å². The summed E-state index contributed by atoms with van der Waals surface area (Å²) in [6.07, 6.45) is 0. The molecule has 3 nitrogen and oxygen atoms in total. The van der Waals surface area contributed by atoms with Crippen molar-refractivity contribution in [3.63, 3.8) is 0 Å². The number of hydrogen-bond donors (Lipinski definition) is 1. The molecule has 0 radical (unpaired) electrons. The van der Waals surface area contributed by atoms with Crippen molar-refractivity contribution in [3.05, 3.63) is 33.3 Å². The SMILES string of the molecule is O=[N+]([O-])c1sc2c(Cl)cccc2c1S. The van der Waals surface area contributed by atoms with E-state index in [1.807, 2.05) is 0 Å². The lowest BCUT2D eigenvalue weighted by Crippen LogP contribution is -1.83. The van der Waals surface area contributed by atoms with Crippen LogP contribution in [-0.4, -0.2) is 4.92 Å². The van der Waals surface area contributed by atoms with Crippen molar-refractivity contribution in [2.45, 2.75) is 4.90 Å².